The number of phosphoric acid groups is 1. The van der Waals surface area contributed by atoms with Gasteiger partial charge in [-0.25, -0.2) is 14.5 Å². The summed E-state index contributed by atoms with van der Waals surface area (Å²) in [6.07, 6.45) is 0. The van der Waals surface area contributed by atoms with E-state index in [2.05, 4.69) is 14.5 Å². The van der Waals surface area contributed by atoms with Gasteiger partial charge in [0.15, 0.2) is 5.65 Å². The van der Waals surface area contributed by atoms with Crippen molar-refractivity contribution in [2.75, 3.05) is 5.73 Å². The van der Waals surface area contributed by atoms with Crippen molar-refractivity contribution in [2.45, 2.75) is 13.7 Å². The second kappa shape index (κ2) is 4.08. The zero-order valence-corrected chi connectivity index (χ0v) is 9.83. The molecule has 0 saturated heterocycles. The molecule has 2 aromatic rings. The molecule has 0 saturated carbocycles. The smallest absolute Gasteiger partial charge is 0.384 e. The quantitative estimate of drug-likeness (QED) is 0.680. The molecule has 0 fully saturated rings. The first-order valence-corrected chi connectivity index (χ1v) is 6.19. The first kappa shape index (κ1) is 12.0. The van der Waals surface area contributed by atoms with E-state index in [1.165, 1.54) is 4.57 Å². The number of nitrogens with two attached hydrogens (primary N) is 1. The summed E-state index contributed by atoms with van der Waals surface area (Å²) < 4.78 is 16.5. The standard InChI is InChI=1S/C8H11N4O4P/c1-5-10-6-2-3-7(9)11-8(6)12(5)4-16-17(13,14)15/h2-3H,4H2,1H3,(H2,9,11)(H2,13,14,15). The number of imidazole rings is 1. The lowest BCUT2D eigenvalue weighted by Crippen LogP contribution is -2.04. The van der Waals surface area contributed by atoms with Gasteiger partial charge in [0, 0.05) is 0 Å². The average molecular weight is 258 g/mol. The van der Waals surface area contributed by atoms with Gasteiger partial charge in [-0.2, -0.15) is 0 Å². The van der Waals surface area contributed by atoms with Crippen LogP contribution in [0.2, 0.25) is 0 Å². The molecule has 0 aliphatic rings. The van der Waals surface area contributed by atoms with E-state index in [-0.39, 0.29) is 6.73 Å². The van der Waals surface area contributed by atoms with E-state index in [4.69, 9.17) is 15.5 Å². The van der Waals surface area contributed by atoms with Crippen LogP contribution in [-0.2, 0) is 15.8 Å². The summed E-state index contributed by atoms with van der Waals surface area (Å²) in [5.74, 6) is 0.835. The highest BCUT2D eigenvalue weighted by atomic mass is 31.2. The number of fused-ring (bicyclic) bond motifs is 1. The Hall–Kier alpha value is -1.47. The Morgan fingerprint density at radius 2 is 2.18 bits per heavy atom. The van der Waals surface area contributed by atoms with Gasteiger partial charge in [0.05, 0.1) is 0 Å². The Balaban J connectivity index is 2.42. The molecular weight excluding hydrogens is 247 g/mol. The normalized spacial score (nSPS) is 12.2. The van der Waals surface area contributed by atoms with Crippen molar-refractivity contribution in [1.29, 1.82) is 0 Å². The fourth-order valence-electron chi connectivity index (χ4n) is 1.42. The number of hydrogen-bond donors (Lipinski definition) is 3. The molecule has 2 rings (SSSR count). The number of rotatable bonds is 3. The van der Waals surface area contributed by atoms with Crippen LogP contribution < -0.4 is 5.73 Å². The van der Waals surface area contributed by atoms with E-state index in [0.29, 0.717) is 22.8 Å². The lowest BCUT2D eigenvalue weighted by Gasteiger charge is -2.08. The highest BCUT2D eigenvalue weighted by molar-refractivity contribution is 7.46. The maximum Gasteiger partial charge on any atom is 0.471 e. The largest absolute Gasteiger partial charge is 0.471 e. The van der Waals surface area contributed by atoms with Gasteiger partial charge < -0.3 is 15.5 Å². The van der Waals surface area contributed by atoms with Crippen molar-refractivity contribution < 1.29 is 18.9 Å². The lowest BCUT2D eigenvalue weighted by molar-refractivity contribution is 0.154. The fourth-order valence-corrected chi connectivity index (χ4v) is 1.68. The Bertz CT molecular complexity index is 605. The number of nitrogens with zero attached hydrogens (tertiary/aromatic N) is 3. The highest BCUT2D eigenvalue weighted by Gasteiger charge is 2.16. The van der Waals surface area contributed by atoms with Crippen molar-refractivity contribution in [3.05, 3.63) is 18.0 Å². The number of aryl methyl sites for hydroxylation is 1. The van der Waals surface area contributed by atoms with Crippen LogP contribution >= 0.6 is 7.82 Å². The molecule has 0 spiro atoms. The lowest BCUT2D eigenvalue weighted by atomic mass is 10.4. The molecule has 0 bridgehead atoms. The third kappa shape index (κ3) is 2.62. The molecule has 4 N–H and O–H groups in total. The van der Waals surface area contributed by atoms with Crippen LogP contribution in [-0.4, -0.2) is 24.3 Å². The fraction of sp³-hybridized carbons (Fsp3) is 0.250. The van der Waals surface area contributed by atoms with E-state index in [1.54, 1.807) is 19.1 Å². The van der Waals surface area contributed by atoms with E-state index in [1.807, 2.05) is 0 Å². The molecule has 0 aliphatic heterocycles. The molecule has 0 radical (unpaired) electrons. The van der Waals surface area contributed by atoms with Gasteiger partial charge in [-0.1, -0.05) is 0 Å². The van der Waals surface area contributed by atoms with Gasteiger partial charge in [-0.15, -0.1) is 0 Å². The average Bonchev–Trinajstić information content (AvgIpc) is 2.49. The summed E-state index contributed by atoms with van der Waals surface area (Å²) in [5, 5.41) is 0. The van der Waals surface area contributed by atoms with E-state index in [0.717, 1.165) is 0 Å². The minimum absolute atomic E-state index is 0.301. The van der Waals surface area contributed by atoms with Crippen molar-refractivity contribution in [3.63, 3.8) is 0 Å². The minimum Gasteiger partial charge on any atom is -0.384 e. The van der Waals surface area contributed by atoms with Crippen molar-refractivity contribution in [1.82, 2.24) is 14.5 Å². The van der Waals surface area contributed by atoms with Crippen molar-refractivity contribution in [3.8, 4) is 0 Å². The summed E-state index contributed by atoms with van der Waals surface area (Å²) in [6, 6.07) is 3.28. The molecule has 0 atom stereocenters. The number of pyridine rings is 1. The second-order valence-electron chi connectivity index (χ2n) is 3.41. The molecule has 0 aromatic carbocycles. The molecular formula is C8H11N4O4P. The number of aromatic nitrogens is 3. The van der Waals surface area contributed by atoms with Crippen LogP contribution in [0.1, 0.15) is 5.82 Å². The van der Waals surface area contributed by atoms with Gasteiger partial charge >= 0.3 is 7.82 Å². The van der Waals surface area contributed by atoms with Crippen LogP contribution in [0.3, 0.4) is 0 Å². The molecule has 9 heteroatoms. The van der Waals surface area contributed by atoms with Crippen molar-refractivity contribution in [2.24, 2.45) is 0 Å². The first-order valence-electron chi connectivity index (χ1n) is 4.66. The molecule has 2 aromatic heterocycles. The molecule has 2 heterocycles. The first-order chi connectivity index (χ1) is 7.87. The number of phosphoric ester groups is 1. The zero-order valence-electron chi connectivity index (χ0n) is 8.94. The topological polar surface area (TPSA) is 123 Å². The van der Waals surface area contributed by atoms with E-state index < -0.39 is 7.82 Å². The summed E-state index contributed by atoms with van der Waals surface area (Å²) in [6.45, 7) is 1.35. The maximum absolute atomic E-state index is 10.6. The van der Waals surface area contributed by atoms with E-state index in [9.17, 15) is 4.57 Å². The minimum atomic E-state index is -4.52. The van der Waals surface area contributed by atoms with Crippen LogP contribution in [0.25, 0.3) is 11.2 Å². The molecule has 0 unspecified atom stereocenters. The third-order valence-corrected chi connectivity index (χ3v) is 2.61. The number of nitrogen functional groups attached to an aromatic ring is 1. The molecule has 0 aliphatic carbocycles. The van der Waals surface area contributed by atoms with Crippen LogP contribution in [0, 0.1) is 6.92 Å². The molecule has 8 nitrogen and oxygen atoms in total. The SMILES string of the molecule is Cc1nc2ccc(N)nc2n1COP(=O)(O)O. The predicted molar refractivity (Wildman–Crippen MR) is 59.8 cm³/mol. The Morgan fingerprint density at radius 1 is 1.47 bits per heavy atom. The van der Waals surface area contributed by atoms with Crippen LogP contribution in [0.4, 0.5) is 5.82 Å². The molecule has 92 valence electrons. The van der Waals surface area contributed by atoms with Gasteiger partial charge in [0.1, 0.15) is 23.9 Å². The van der Waals surface area contributed by atoms with Crippen LogP contribution in [0.5, 0.6) is 0 Å². The Morgan fingerprint density at radius 3 is 2.82 bits per heavy atom. The zero-order chi connectivity index (χ0) is 12.6. The number of hydrogen-bond acceptors (Lipinski definition) is 5. The van der Waals surface area contributed by atoms with Gasteiger partial charge in [0.2, 0.25) is 0 Å². The molecule has 17 heavy (non-hydrogen) atoms. The van der Waals surface area contributed by atoms with Gasteiger partial charge in [0.25, 0.3) is 0 Å². The van der Waals surface area contributed by atoms with E-state index >= 15 is 0 Å². The third-order valence-electron chi connectivity index (χ3n) is 2.16. The molecule has 0 amide bonds. The Labute approximate surface area is 96.3 Å². The Kier molecular flexibility index (Phi) is 2.88. The van der Waals surface area contributed by atoms with Gasteiger partial charge in [-0.05, 0) is 19.1 Å². The van der Waals surface area contributed by atoms with Gasteiger partial charge in [-0.3, -0.25) is 9.09 Å². The van der Waals surface area contributed by atoms with Crippen LogP contribution in [0.15, 0.2) is 12.1 Å². The monoisotopic (exact) mass is 258 g/mol. The van der Waals surface area contributed by atoms with Crippen molar-refractivity contribution >= 4 is 24.8 Å². The predicted octanol–water partition coefficient (Wildman–Crippen LogP) is 0.389. The summed E-state index contributed by atoms with van der Waals surface area (Å²) in [4.78, 5) is 25.5. The summed E-state index contributed by atoms with van der Waals surface area (Å²) in [7, 11) is -4.52. The summed E-state index contributed by atoms with van der Waals surface area (Å²) in [5.41, 5.74) is 6.55. The highest BCUT2D eigenvalue weighted by Crippen LogP contribution is 2.36. The second-order valence-corrected chi connectivity index (χ2v) is 4.65. The summed E-state index contributed by atoms with van der Waals surface area (Å²) >= 11 is 0. The number of anilines is 1. The maximum atomic E-state index is 10.6.